The maximum absolute atomic E-state index is 12.9. The first-order valence-corrected chi connectivity index (χ1v) is 6.83. The van der Waals surface area contributed by atoms with Crippen LogP contribution in [-0.4, -0.2) is 21.0 Å². The quantitative estimate of drug-likeness (QED) is 0.494. The summed E-state index contributed by atoms with van der Waals surface area (Å²) in [5.41, 5.74) is -2.81. The predicted molar refractivity (Wildman–Crippen MR) is 78.9 cm³/mol. The fourth-order valence-electron chi connectivity index (χ4n) is 1.74. The fraction of sp³-hybridized carbons (Fsp3) is 0.154. The average Bonchev–Trinajstić information content (AvgIpc) is 2.52. The van der Waals surface area contributed by atoms with E-state index in [1.807, 2.05) is 0 Å². The van der Waals surface area contributed by atoms with Crippen molar-refractivity contribution in [2.45, 2.75) is 12.8 Å². The Balaban J connectivity index is 2.24. The minimum absolute atomic E-state index is 0.203. The molecule has 25 heavy (non-hydrogen) atoms. The van der Waals surface area contributed by atoms with Crippen molar-refractivity contribution < 1.29 is 27.6 Å². The van der Waals surface area contributed by atoms with E-state index in [2.05, 4.69) is 9.97 Å². The van der Waals surface area contributed by atoms with E-state index in [0.717, 1.165) is 0 Å². The van der Waals surface area contributed by atoms with Gasteiger partial charge in [-0.1, -0.05) is 30.3 Å². The highest BCUT2D eigenvalue weighted by Crippen LogP contribution is 2.38. The van der Waals surface area contributed by atoms with Gasteiger partial charge in [0.1, 0.15) is 6.61 Å². The summed E-state index contributed by atoms with van der Waals surface area (Å²) >= 11 is 5.35. The molecule has 0 aliphatic carbocycles. The number of carbonyl (C=O) groups excluding carboxylic acids is 1. The molecule has 2 aromatic rings. The van der Waals surface area contributed by atoms with Gasteiger partial charge in [0.25, 0.3) is 0 Å². The SMILES string of the molecule is O=C(Nc1nc(Cl)nc(C(F)(F)F)c1[N+](=O)[O-])OCc1ccccc1. The molecule has 8 nitrogen and oxygen atoms in total. The van der Waals surface area contributed by atoms with Crippen LogP contribution in [0.5, 0.6) is 0 Å². The van der Waals surface area contributed by atoms with Gasteiger partial charge in [0, 0.05) is 0 Å². The Kier molecular flexibility index (Phi) is 5.37. The summed E-state index contributed by atoms with van der Waals surface area (Å²) in [6.07, 6.45) is -6.41. The fourth-order valence-corrected chi connectivity index (χ4v) is 1.91. The normalized spacial score (nSPS) is 11.0. The summed E-state index contributed by atoms with van der Waals surface area (Å²) in [7, 11) is 0. The van der Waals surface area contributed by atoms with Gasteiger partial charge in [-0.15, -0.1) is 0 Å². The molecular weight excluding hydrogens is 369 g/mol. The summed E-state index contributed by atoms with van der Waals surface area (Å²) < 4.78 is 43.4. The lowest BCUT2D eigenvalue weighted by molar-refractivity contribution is -0.387. The van der Waals surface area contributed by atoms with Crippen molar-refractivity contribution in [1.29, 1.82) is 0 Å². The lowest BCUT2D eigenvalue weighted by Gasteiger charge is -2.11. The molecule has 1 heterocycles. The highest BCUT2D eigenvalue weighted by Gasteiger charge is 2.43. The van der Waals surface area contributed by atoms with Crippen molar-refractivity contribution in [3.8, 4) is 0 Å². The number of ether oxygens (including phenoxy) is 1. The Hall–Kier alpha value is -2.95. The number of carbonyl (C=O) groups is 1. The number of anilines is 1. The molecule has 2 rings (SSSR count). The second kappa shape index (κ2) is 7.30. The van der Waals surface area contributed by atoms with Crippen molar-refractivity contribution in [1.82, 2.24) is 9.97 Å². The number of benzene rings is 1. The number of alkyl halides is 3. The Labute approximate surface area is 142 Å². The molecule has 1 amide bonds. The first-order chi connectivity index (χ1) is 11.7. The van der Waals surface area contributed by atoms with Gasteiger partial charge in [0.15, 0.2) is 0 Å². The van der Waals surface area contributed by atoms with Crippen molar-refractivity contribution in [3.63, 3.8) is 0 Å². The summed E-state index contributed by atoms with van der Waals surface area (Å²) in [4.78, 5) is 27.4. The topological polar surface area (TPSA) is 107 Å². The van der Waals surface area contributed by atoms with E-state index in [-0.39, 0.29) is 6.61 Å². The monoisotopic (exact) mass is 376 g/mol. The molecule has 0 radical (unpaired) electrons. The second-order valence-corrected chi connectivity index (χ2v) is 4.82. The third kappa shape index (κ3) is 4.76. The number of amides is 1. The molecule has 0 saturated heterocycles. The van der Waals surface area contributed by atoms with E-state index in [1.54, 1.807) is 35.6 Å². The molecule has 12 heteroatoms. The number of hydrogen-bond donors (Lipinski definition) is 1. The molecule has 0 spiro atoms. The van der Waals surface area contributed by atoms with Crippen LogP contribution in [0, 0.1) is 10.1 Å². The highest BCUT2D eigenvalue weighted by atomic mass is 35.5. The maximum atomic E-state index is 12.9. The number of nitrogens with one attached hydrogen (secondary N) is 1. The van der Waals surface area contributed by atoms with Crippen molar-refractivity contribution in [2.24, 2.45) is 0 Å². The maximum Gasteiger partial charge on any atom is 0.440 e. The summed E-state index contributed by atoms with van der Waals surface area (Å²) in [6.45, 7) is -0.203. The van der Waals surface area contributed by atoms with Crippen LogP contribution in [0.25, 0.3) is 0 Å². The summed E-state index contributed by atoms with van der Waals surface area (Å²) in [5.74, 6) is -1.02. The number of rotatable bonds is 4. The Morgan fingerprint density at radius 1 is 1.28 bits per heavy atom. The van der Waals surface area contributed by atoms with E-state index >= 15 is 0 Å². The number of aromatic nitrogens is 2. The van der Waals surface area contributed by atoms with Gasteiger partial charge >= 0.3 is 18.0 Å². The zero-order valence-electron chi connectivity index (χ0n) is 12.1. The smallest absolute Gasteiger partial charge is 0.440 e. The molecule has 0 aliphatic heterocycles. The molecular formula is C13H8ClF3N4O4. The third-order valence-electron chi connectivity index (χ3n) is 2.74. The van der Waals surface area contributed by atoms with Gasteiger partial charge in [-0.3, -0.25) is 15.4 Å². The first kappa shape index (κ1) is 18.4. The standard InChI is InChI=1S/C13H8ClF3N4O4/c14-11-18-9(13(15,16)17)8(21(23)24)10(19-11)20-12(22)25-6-7-4-2-1-3-5-7/h1-5H,6H2,(H,18,19,20,22). The largest absolute Gasteiger partial charge is 0.444 e. The average molecular weight is 377 g/mol. The molecule has 132 valence electrons. The van der Waals surface area contributed by atoms with Crippen LogP contribution in [0.4, 0.5) is 29.5 Å². The summed E-state index contributed by atoms with van der Waals surface area (Å²) in [6, 6.07) is 8.37. The Morgan fingerprint density at radius 3 is 2.48 bits per heavy atom. The molecule has 0 fully saturated rings. The number of nitrogens with zero attached hydrogens (tertiary/aromatic N) is 3. The van der Waals surface area contributed by atoms with E-state index in [1.165, 1.54) is 0 Å². The lowest BCUT2D eigenvalue weighted by atomic mass is 10.2. The van der Waals surface area contributed by atoms with E-state index < -0.39 is 39.7 Å². The molecule has 0 aliphatic rings. The van der Waals surface area contributed by atoms with Gasteiger partial charge in [-0.05, 0) is 17.2 Å². The van der Waals surface area contributed by atoms with Crippen LogP contribution in [0.15, 0.2) is 30.3 Å². The van der Waals surface area contributed by atoms with Crippen LogP contribution in [-0.2, 0) is 17.5 Å². The van der Waals surface area contributed by atoms with Crippen molar-refractivity contribution in [2.75, 3.05) is 5.32 Å². The predicted octanol–water partition coefficient (Wildman–Crippen LogP) is 3.81. The van der Waals surface area contributed by atoms with Crippen LogP contribution in [0.3, 0.4) is 0 Å². The van der Waals surface area contributed by atoms with Gasteiger partial charge < -0.3 is 4.74 Å². The molecule has 1 aromatic carbocycles. The van der Waals surface area contributed by atoms with Crippen LogP contribution < -0.4 is 5.32 Å². The van der Waals surface area contributed by atoms with Crippen LogP contribution in [0.1, 0.15) is 11.3 Å². The van der Waals surface area contributed by atoms with Gasteiger partial charge in [-0.2, -0.15) is 18.2 Å². The highest BCUT2D eigenvalue weighted by molar-refractivity contribution is 6.28. The van der Waals surface area contributed by atoms with Gasteiger partial charge in [-0.25, -0.2) is 9.78 Å². The Morgan fingerprint density at radius 2 is 1.92 bits per heavy atom. The molecule has 0 saturated carbocycles. The van der Waals surface area contributed by atoms with Crippen LogP contribution >= 0.6 is 11.6 Å². The zero-order chi connectivity index (χ0) is 18.6. The van der Waals surface area contributed by atoms with E-state index in [9.17, 15) is 28.1 Å². The van der Waals surface area contributed by atoms with Gasteiger partial charge in [0.2, 0.25) is 16.8 Å². The van der Waals surface area contributed by atoms with Crippen molar-refractivity contribution >= 4 is 29.2 Å². The molecule has 1 N–H and O–H groups in total. The van der Waals surface area contributed by atoms with E-state index in [4.69, 9.17) is 16.3 Å². The number of hydrogen-bond acceptors (Lipinski definition) is 6. The third-order valence-corrected chi connectivity index (χ3v) is 2.91. The second-order valence-electron chi connectivity index (χ2n) is 4.48. The summed E-state index contributed by atoms with van der Waals surface area (Å²) in [5, 5.41) is 11.8. The minimum Gasteiger partial charge on any atom is -0.444 e. The van der Waals surface area contributed by atoms with Gasteiger partial charge in [0.05, 0.1) is 4.92 Å². The Bertz CT molecular complexity index is 802. The minimum atomic E-state index is -5.17. The van der Waals surface area contributed by atoms with Crippen molar-refractivity contribution in [3.05, 3.63) is 57.0 Å². The molecule has 0 atom stereocenters. The van der Waals surface area contributed by atoms with E-state index in [0.29, 0.717) is 5.56 Å². The van der Waals surface area contributed by atoms with Crippen LogP contribution in [0.2, 0.25) is 5.28 Å². The molecule has 0 unspecified atom stereocenters. The number of halogens is 4. The molecule has 1 aromatic heterocycles. The number of nitro groups is 1. The first-order valence-electron chi connectivity index (χ1n) is 6.45. The lowest BCUT2D eigenvalue weighted by Crippen LogP contribution is -2.19. The molecule has 0 bridgehead atoms. The zero-order valence-corrected chi connectivity index (χ0v) is 12.8.